The van der Waals surface area contributed by atoms with Crippen molar-refractivity contribution in [3.05, 3.63) is 59.4 Å². The summed E-state index contributed by atoms with van der Waals surface area (Å²) in [6.45, 7) is 2.17. The van der Waals surface area contributed by atoms with Crippen molar-refractivity contribution in [1.82, 2.24) is 10.2 Å². The lowest BCUT2D eigenvalue weighted by Crippen LogP contribution is -2.46. The van der Waals surface area contributed by atoms with E-state index in [0.717, 1.165) is 31.6 Å². The summed E-state index contributed by atoms with van der Waals surface area (Å²) in [7, 11) is 0. The Morgan fingerprint density at radius 2 is 1.79 bits per heavy atom. The fraction of sp³-hybridized carbons (Fsp3) is 0.333. The van der Waals surface area contributed by atoms with Crippen molar-refractivity contribution in [2.45, 2.75) is 25.3 Å². The molecular weight excluding hydrogens is 395 g/mol. The number of carbonyl (C=O) groups excluding carboxylic acids is 2. The number of nitrogens with one attached hydrogen (secondary N) is 3. The first-order chi connectivity index (χ1) is 14.0. The zero-order valence-electron chi connectivity index (χ0n) is 16.0. The highest BCUT2D eigenvalue weighted by molar-refractivity contribution is 6.30. The lowest BCUT2D eigenvalue weighted by molar-refractivity contribution is -0.116. The van der Waals surface area contributed by atoms with E-state index >= 15 is 0 Å². The van der Waals surface area contributed by atoms with Crippen LogP contribution in [0.5, 0.6) is 0 Å². The van der Waals surface area contributed by atoms with Crippen molar-refractivity contribution in [2.75, 3.05) is 30.3 Å². The molecule has 0 unspecified atom stereocenters. The predicted molar refractivity (Wildman–Crippen MR) is 113 cm³/mol. The highest BCUT2D eigenvalue weighted by atomic mass is 35.5. The first kappa shape index (κ1) is 21.1. The summed E-state index contributed by atoms with van der Waals surface area (Å²) >= 11 is 5.71. The van der Waals surface area contributed by atoms with Crippen LogP contribution in [0.1, 0.15) is 19.3 Å². The van der Waals surface area contributed by atoms with E-state index in [9.17, 15) is 14.0 Å². The molecule has 3 N–H and O–H groups in total. The minimum absolute atomic E-state index is 0.104. The van der Waals surface area contributed by atoms with E-state index in [0.29, 0.717) is 6.54 Å². The number of anilines is 2. The Morgan fingerprint density at radius 1 is 1.07 bits per heavy atom. The third-order valence-corrected chi connectivity index (χ3v) is 5.05. The van der Waals surface area contributed by atoms with Crippen molar-refractivity contribution in [2.24, 2.45) is 0 Å². The Kier molecular flexibility index (Phi) is 7.43. The molecule has 0 atom stereocenters. The van der Waals surface area contributed by atoms with Crippen molar-refractivity contribution < 1.29 is 14.0 Å². The van der Waals surface area contributed by atoms with Gasteiger partial charge >= 0.3 is 6.03 Å². The molecule has 0 spiro atoms. The van der Waals surface area contributed by atoms with Gasteiger partial charge in [-0.2, -0.15) is 0 Å². The third-order valence-electron chi connectivity index (χ3n) is 4.81. The Bertz CT molecular complexity index is 842. The molecule has 29 heavy (non-hydrogen) atoms. The van der Waals surface area contributed by atoms with Gasteiger partial charge in [-0.1, -0.05) is 29.8 Å². The first-order valence-electron chi connectivity index (χ1n) is 9.59. The molecule has 8 heteroatoms. The minimum Gasteiger partial charge on any atom is -0.335 e. The number of nitrogens with zero attached hydrogens (tertiary/aromatic N) is 1. The van der Waals surface area contributed by atoms with Crippen LogP contribution in [0.3, 0.4) is 0 Å². The van der Waals surface area contributed by atoms with Crippen LogP contribution in [-0.4, -0.2) is 42.5 Å². The van der Waals surface area contributed by atoms with Gasteiger partial charge in [-0.3, -0.25) is 4.79 Å². The molecule has 2 aromatic rings. The number of carbonyl (C=O) groups is 2. The third kappa shape index (κ3) is 6.73. The zero-order valence-corrected chi connectivity index (χ0v) is 16.7. The predicted octanol–water partition coefficient (Wildman–Crippen LogP) is 4.09. The van der Waals surface area contributed by atoms with E-state index in [1.165, 1.54) is 18.2 Å². The number of hydrogen-bond acceptors (Lipinski definition) is 3. The van der Waals surface area contributed by atoms with Crippen LogP contribution in [0.25, 0.3) is 0 Å². The molecule has 6 nitrogen and oxygen atoms in total. The topological polar surface area (TPSA) is 73.5 Å². The molecule has 0 radical (unpaired) electrons. The van der Waals surface area contributed by atoms with Gasteiger partial charge in [-0.05, 0) is 43.2 Å². The molecular formula is C21H24ClFN4O2. The molecule has 0 saturated carbocycles. The summed E-state index contributed by atoms with van der Waals surface area (Å²) in [6, 6.07) is 13.3. The molecule has 1 aliphatic rings. The molecule has 1 heterocycles. The summed E-state index contributed by atoms with van der Waals surface area (Å²) in [5.41, 5.74) is 0.886. The number of urea groups is 1. The Labute approximate surface area is 174 Å². The summed E-state index contributed by atoms with van der Waals surface area (Å²) in [4.78, 5) is 26.3. The number of halogens is 2. The molecule has 2 aromatic carbocycles. The Hall–Kier alpha value is -2.64. The standard InChI is InChI=1S/C21H24ClFN4O2/c22-15-6-7-19(18(23)14-15)26-20(28)10-13-27-11-8-17(9-12-27)25-21(29)24-16-4-2-1-3-5-16/h1-7,14,17H,8-13H2,(H,26,28)(H2,24,25,29). The zero-order chi connectivity index (χ0) is 20.6. The van der Waals surface area contributed by atoms with Gasteiger partial charge in [0.2, 0.25) is 5.91 Å². The maximum atomic E-state index is 13.7. The quantitative estimate of drug-likeness (QED) is 0.661. The number of rotatable bonds is 6. The van der Waals surface area contributed by atoms with E-state index in [-0.39, 0.29) is 35.1 Å². The fourth-order valence-corrected chi connectivity index (χ4v) is 3.40. The summed E-state index contributed by atoms with van der Waals surface area (Å²) in [5, 5.41) is 8.66. The lowest BCUT2D eigenvalue weighted by atomic mass is 10.1. The van der Waals surface area contributed by atoms with Crippen molar-refractivity contribution in [3.63, 3.8) is 0 Å². The normalized spacial score (nSPS) is 15.0. The number of para-hydroxylation sites is 1. The molecule has 0 bridgehead atoms. The van der Waals surface area contributed by atoms with Gasteiger partial charge in [-0.15, -0.1) is 0 Å². The molecule has 0 aliphatic carbocycles. The number of hydrogen-bond donors (Lipinski definition) is 3. The monoisotopic (exact) mass is 418 g/mol. The second kappa shape index (κ2) is 10.2. The van der Waals surface area contributed by atoms with Gasteiger partial charge in [0.1, 0.15) is 5.82 Å². The second-order valence-corrected chi connectivity index (χ2v) is 7.44. The molecule has 1 aliphatic heterocycles. The average molecular weight is 419 g/mol. The van der Waals surface area contributed by atoms with E-state index in [1.54, 1.807) is 0 Å². The van der Waals surface area contributed by atoms with Crippen LogP contribution >= 0.6 is 11.6 Å². The van der Waals surface area contributed by atoms with Crippen LogP contribution in [-0.2, 0) is 4.79 Å². The number of amides is 3. The fourth-order valence-electron chi connectivity index (χ4n) is 3.24. The maximum Gasteiger partial charge on any atom is 0.319 e. The minimum atomic E-state index is -0.550. The SMILES string of the molecule is O=C(CCN1CCC(NC(=O)Nc2ccccc2)CC1)Nc1ccc(Cl)cc1F. The van der Waals surface area contributed by atoms with E-state index in [4.69, 9.17) is 11.6 Å². The number of benzene rings is 2. The highest BCUT2D eigenvalue weighted by Gasteiger charge is 2.21. The van der Waals surface area contributed by atoms with E-state index in [2.05, 4.69) is 20.9 Å². The molecule has 3 rings (SSSR count). The highest BCUT2D eigenvalue weighted by Crippen LogP contribution is 2.19. The molecule has 154 valence electrons. The van der Waals surface area contributed by atoms with Crippen LogP contribution in [0, 0.1) is 5.82 Å². The molecule has 3 amide bonds. The van der Waals surface area contributed by atoms with Crippen LogP contribution < -0.4 is 16.0 Å². The Morgan fingerprint density at radius 3 is 2.48 bits per heavy atom. The van der Waals surface area contributed by atoms with Gasteiger partial charge in [-0.25, -0.2) is 9.18 Å². The van der Waals surface area contributed by atoms with Gasteiger partial charge in [0.15, 0.2) is 0 Å². The van der Waals surface area contributed by atoms with Crippen molar-refractivity contribution in [1.29, 1.82) is 0 Å². The average Bonchev–Trinajstić information content (AvgIpc) is 2.70. The molecule has 1 fully saturated rings. The van der Waals surface area contributed by atoms with E-state index < -0.39 is 5.82 Å². The van der Waals surface area contributed by atoms with Gasteiger partial charge in [0.25, 0.3) is 0 Å². The first-order valence-corrected chi connectivity index (χ1v) is 9.97. The molecule has 0 aromatic heterocycles. The van der Waals surface area contributed by atoms with Crippen molar-refractivity contribution >= 4 is 34.9 Å². The molecule has 1 saturated heterocycles. The Balaban J connectivity index is 1.35. The summed E-state index contributed by atoms with van der Waals surface area (Å²) < 4.78 is 13.7. The smallest absolute Gasteiger partial charge is 0.319 e. The second-order valence-electron chi connectivity index (χ2n) is 7.00. The van der Waals surface area contributed by atoms with Crippen molar-refractivity contribution in [3.8, 4) is 0 Å². The van der Waals surface area contributed by atoms with Crippen LogP contribution in [0.2, 0.25) is 5.02 Å². The van der Waals surface area contributed by atoms with E-state index in [1.807, 2.05) is 30.3 Å². The van der Waals surface area contributed by atoms with Gasteiger partial charge in [0, 0.05) is 42.8 Å². The van der Waals surface area contributed by atoms with Crippen LogP contribution in [0.15, 0.2) is 48.5 Å². The summed E-state index contributed by atoms with van der Waals surface area (Å²) in [6.07, 6.45) is 1.90. The summed E-state index contributed by atoms with van der Waals surface area (Å²) in [5.74, 6) is -0.791. The van der Waals surface area contributed by atoms with Gasteiger partial charge in [0.05, 0.1) is 5.69 Å². The van der Waals surface area contributed by atoms with Crippen LogP contribution in [0.4, 0.5) is 20.6 Å². The van der Waals surface area contributed by atoms with Gasteiger partial charge < -0.3 is 20.9 Å². The number of likely N-dealkylation sites (tertiary alicyclic amines) is 1. The largest absolute Gasteiger partial charge is 0.335 e. The maximum absolute atomic E-state index is 13.7. The lowest BCUT2D eigenvalue weighted by Gasteiger charge is -2.32. The number of piperidine rings is 1.